The first-order valence-corrected chi connectivity index (χ1v) is 6.98. The molecule has 0 aliphatic heterocycles. The Bertz CT molecular complexity index is 614. The van der Waals surface area contributed by atoms with E-state index in [9.17, 15) is 9.59 Å². The molecular formula is C17H16N2O3. The van der Waals surface area contributed by atoms with Gasteiger partial charge < -0.3 is 4.74 Å². The lowest BCUT2D eigenvalue weighted by Crippen LogP contribution is -2.33. The van der Waals surface area contributed by atoms with Crippen LogP contribution in [0.25, 0.3) is 0 Å². The second-order valence-corrected chi connectivity index (χ2v) is 4.42. The number of carbonyl (C=O) groups is 2. The number of carbonyl (C=O) groups excluding carboxylic acids is 2. The summed E-state index contributed by atoms with van der Waals surface area (Å²) in [6.07, 6.45) is 1.71. The van der Waals surface area contributed by atoms with Crippen molar-refractivity contribution in [3.63, 3.8) is 0 Å². The fourth-order valence-corrected chi connectivity index (χ4v) is 1.91. The van der Waals surface area contributed by atoms with E-state index in [1.54, 1.807) is 49.5 Å². The maximum absolute atomic E-state index is 12.6. The van der Waals surface area contributed by atoms with E-state index in [0.717, 1.165) is 0 Å². The SMILES string of the molecule is CCOC(=O)CCN(C(=O)c1cc#ccc1)c1ccccn1. The fraction of sp³-hybridized carbons (Fsp3) is 0.235. The number of aromatic nitrogens is 1. The van der Waals surface area contributed by atoms with Crippen molar-refractivity contribution in [2.24, 2.45) is 0 Å². The van der Waals surface area contributed by atoms with Crippen molar-refractivity contribution in [2.45, 2.75) is 13.3 Å². The molecule has 0 bridgehead atoms. The minimum atomic E-state index is -0.343. The van der Waals surface area contributed by atoms with Crippen LogP contribution in [0.5, 0.6) is 0 Å². The van der Waals surface area contributed by atoms with Gasteiger partial charge in [-0.15, -0.1) is 0 Å². The molecule has 0 N–H and O–H groups in total. The highest BCUT2D eigenvalue weighted by molar-refractivity contribution is 6.05. The minimum absolute atomic E-state index is 0.110. The van der Waals surface area contributed by atoms with Crippen molar-refractivity contribution in [2.75, 3.05) is 18.1 Å². The predicted octanol–water partition coefficient (Wildman–Crippen LogP) is 2.28. The van der Waals surface area contributed by atoms with Gasteiger partial charge in [0.2, 0.25) is 0 Å². The average molecular weight is 296 g/mol. The average Bonchev–Trinajstić information content (AvgIpc) is 2.57. The zero-order valence-electron chi connectivity index (χ0n) is 12.3. The molecule has 1 aromatic heterocycles. The third-order valence-corrected chi connectivity index (χ3v) is 2.92. The van der Waals surface area contributed by atoms with Gasteiger partial charge >= 0.3 is 5.97 Å². The molecule has 0 aliphatic carbocycles. The molecule has 112 valence electrons. The number of nitrogens with zero attached hydrogens (tertiary/aromatic N) is 2. The molecule has 0 unspecified atom stereocenters. The molecule has 0 fully saturated rings. The summed E-state index contributed by atoms with van der Waals surface area (Å²) in [6.45, 7) is 2.27. The van der Waals surface area contributed by atoms with E-state index >= 15 is 0 Å². The van der Waals surface area contributed by atoms with Crippen molar-refractivity contribution in [3.05, 3.63) is 60.3 Å². The van der Waals surface area contributed by atoms with Crippen molar-refractivity contribution in [3.8, 4) is 0 Å². The van der Waals surface area contributed by atoms with Gasteiger partial charge in [-0.1, -0.05) is 18.2 Å². The molecule has 1 aromatic carbocycles. The van der Waals surface area contributed by atoms with Crippen molar-refractivity contribution in [1.29, 1.82) is 0 Å². The van der Waals surface area contributed by atoms with Crippen LogP contribution < -0.4 is 4.90 Å². The molecule has 0 atom stereocenters. The van der Waals surface area contributed by atoms with Gasteiger partial charge in [0.15, 0.2) is 0 Å². The summed E-state index contributed by atoms with van der Waals surface area (Å²) in [7, 11) is 0. The van der Waals surface area contributed by atoms with Gasteiger partial charge in [0.05, 0.1) is 13.0 Å². The van der Waals surface area contributed by atoms with Crippen LogP contribution in [0.2, 0.25) is 0 Å². The van der Waals surface area contributed by atoms with Crippen LogP contribution in [0.1, 0.15) is 23.7 Å². The van der Waals surface area contributed by atoms with Gasteiger partial charge in [-0.05, 0) is 31.2 Å². The number of hydrogen-bond acceptors (Lipinski definition) is 4. The number of esters is 1. The van der Waals surface area contributed by atoms with E-state index in [1.165, 1.54) is 4.90 Å². The zero-order valence-corrected chi connectivity index (χ0v) is 12.3. The molecule has 0 aliphatic rings. The minimum Gasteiger partial charge on any atom is -0.466 e. The lowest BCUT2D eigenvalue weighted by atomic mass is 10.2. The van der Waals surface area contributed by atoms with Gasteiger partial charge in [0.1, 0.15) is 5.82 Å². The Labute approximate surface area is 129 Å². The molecule has 22 heavy (non-hydrogen) atoms. The van der Waals surface area contributed by atoms with Crippen LogP contribution in [0, 0.1) is 12.1 Å². The molecule has 5 nitrogen and oxygen atoms in total. The van der Waals surface area contributed by atoms with Crippen LogP contribution in [0.3, 0.4) is 0 Å². The molecular weight excluding hydrogens is 280 g/mol. The van der Waals surface area contributed by atoms with Crippen LogP contribution >= 0.6 is 0 Å². The van der Waals surface area contributed by atoms with Crippen LogP contribution in [-0.4, -0.2) is 30.0 Å². The Morgan fingerprint density at radius 3 is 2.77 bits per heavy atom. The van der Waals surface area contributed by atoms with E-state index in [0.29, 0.717) is 18.0 Å². The van der Waals surface area contributed by atoms with E-state index < -0.39 is 0 Å². The van der Waals surface area contributed by atoms with Crippen molar-refractivity contribution in [1.82, 2.24) is 4.98 Å². The highest BCUT2D eigenvalue weighted by Gasteiger charge is 2.19. The van der Waals surface area contributed by atoms with Gasteiger partial charge in [-0.2, -0.15) is 0 Å². The Morgan fingerprint density at radius 1 is 1.27 bits per heavy atom. The summed E-state index contributed by atoms with van der Waals surface area (Å²) < 4.78 is 4.91. The second kappa shape index (κ2) is 7.79. The lowest BCUT2D eigenvalue weighted by molar-refractivity contribution is -0.142. The largest absolute Gasteiger partial charge is 0.466 e. The maximum atomic E-state index is 12.6. The molecule has 0 radical (unpaired) electrons. The van der Waals surface area contributed by atoms with E-state index in [4.69, 9.17) is 4.74 Å². The smallest absolute Gasteiger partial charge is 0.307 e. The van der Waals surface area contributed by atoms with Crippen molar-refractivity contribution < 1.29 is 14.3 Å². The van der Waals surface area contributed by atoms with Crippen LogP contribution in [0.15, 0.2) is 42.6 Å². The molecule has 2 rings (SSSR count). The molecule has 2 aromatic rings. The maximum Gasteiger partial charge on any atom is 0.307 e. The van der Waals surface area contributed by atoms with E-state index in [-0.39, 0.29) is 24.8 Å². The Morgan fingerprint density at radius 2 is 2.14 bits per heavy atom. The van der Waals surface area contributed by atoms with Crippen molar-refractivity contribution >= 4 is 17.7 Å². The number of rotatable bonds is 6. The third-order valence-electron chi connectivity index (χ3n) is 2.92. The highest BCUT2D eigenvalue weighted by Crippen LogP contribution is 2.14. The zero-order chi connectivity index (χ0) is 15.8. The number of ether oxygens (including phenoxy) is 1. The highest BCUT2D eigenvalue weighted by atomic mass is 16.5. The van der Waals surface area contributed by atoms with Gasteiger partial charge in [0.25, 0.3) is 5.91 Å². The van der Waals surface area contributed by atoms with Gasteiger partial charge in [0, 0.05) is 24.4 Å². The molecule has 5 heteroatoms. The quantitative estimate of drug-likeness (QED) is 0.767. The summed E-state index contributed by atoms with van der Waals surface area (Å²) in [5.74, 6) is -0.0953. The number of hydrogen-bond donors (Lipinski definition) is 0. The molecule has 0 spiro atoms. The van der Waals surface area contributed by atoms with Gasteiger partial charge in [-0.3, -0.25) is 14.5 Å². The normalized spacial score (nSPS) is 9.68. The van der Waals surface area contributed by atoms with E-state index in [1.807, 2.05) is 0 Å². The third kappa shape index (κ3) is 4.06. The summed E-state index contributed by atoms with van der Waals surface area (Å²) in [5.41, 5.74) is 0.466. The summed E-state index contributed by atoms with van der Waals surface area (Å²) in [5, 5.41) is 0. The monoisotopic (exact) mass is 296 g/mol. The lowest BCUT2D eigenvalue weighted by Gasteiger charge is -2.21. The van der Waals surface area contributed by atoms with Gasteiger partial charge in [-0.25, -0.2) is 4.98 Å². The molecule has 1 heterocycles. The second-order valence-electron chi connectivity index (χ2n) is 4.42. The molecule has 0 saturated heterocycles. The van der Waals surface area contributed by atoms with Crippen LogP contribution in [-0.2, 0) is 9.53 Å². The summed E-state index contributed by atoms with van der Waals surface area (Å²) in [6, 6.07) is 15.6. The summed E-state index contributed by atoms with van der Waals surface area (Å²) >= 11 is 0. The number of amides is 1. The molecule has 0 saturated carbocycles. The predicted molar refractivity (Wildman–Crippen MR) is 81.3 cm³/mol. The first-order valence-electron chi connectivity index (χ1n) is 6.98. The van der Waals surface area contributed by atoms with E-state index in [2.05, 4.69) is 17.1 Å². The fourth-order valence-electron chi connectivity index (χ4n) is 1.91. The first-order chi connectivity index (χ1) is 10.7. The number of pyridine rings is 1. The number of anilines is 1. The Balaban J connectivity index is 2.19. The first kappa shape index (κ1) is 15.5. The Hall–Kier alpha value is -2.87. The Kier molecular flexibility index (Phi) is 5.50. The van der Waals surface area contributed by atoms with Crippen LogP contribution in [0.4, 0.5) is 5.82 Å². The summed E-state index contributed by atoms with van der Waals surface area (Å²) in [4.78, 5) is 29.8. The standard InChI is InChI=1S/C17H16N2O3/c1-2-22-16(20)11-13-19(15-10-6-7-12-18-15)17(21)14-8-4-3-5-9-14/h4,6-10,12H,2,11,13H2,1H3. The molecule has 1 amide bonds. The topological polar surface area (TPSA) is 59.5 Å².